The minimum absolute atomic E-state index is 0.291. The number of hydrogen-bond acceptors (Lipinski definition) is 5. The Hall–Kier alpha value is -3.25. The SMILES string of the molecule is CC1N=c2ccccc2=C(c2ccc3c4c(ccnc24)CCO3)C1C(OC(C)(C)C)C(=O)O. The van der Waals surface area contributed by atoms with E-state index in [9.17, 15) is 9.90 Å². The Kier molecular flexibility index (Phi) is 5.20. The first-order valence-electron chi connectivity index (χ1n) is 11.4. The first-order chi connectivity index (χ1) is 15.7. The molecule has 170 valence electrons. The van der Waals surface area contributed by atoms with E-state index in [0.29, 0.717) is 6.61 Å². The van der Waals surface area contributed by atoms with Crippen LogP contribution in [0.4, 0.5) is 0 Å². The zero-order valence-corrected chi connectivity index (χ0v) is 19.3. The van der Waals surface area contributed by atoms with Crippen LogP contribution in [0.25, 0.3) is 16.5 Å². The minimum atomic E-state index is -1.06. The second-order valence-electron chi connectivity index (χ2n) is 9.72. The smallest absolute Gasteiger partial charge is 0.333 e. The fourth-order valence-electron chi connectivity index (χ4n) is 5.04. The van der Waals surface area contributed by atoms with E-state index in [2.05, 4.69) is 0 Å². The van der Waals surface area contributed by atoms with Crippen LogP contribution in [0, 0.1) is 5.92 Å². The normalized spacial score (nSPS) is 20.5. The molecule has 3 aromatic rings. The number of aromatic nitrogens is 1. The van der Waals surface area contributed by atoms with Crippen molar-refractivity contribution < 1.29 is 19.4 Å². The van der Waals surface area contributed by atoms with Gasteiger partial charge in [0, 0.05) is 34.7 Å². The molecule has 5 rings (SSSR count). The summed E-state index contributed by atoms with van der Waals surface area (Å²) in [7, 11) is 0. The maximum atomic E-state index is 12.5. The molecular formula is C27H28N2O4. The van der Waals surface area contributed by atoms with Gasteiger partial charge in [0.2, 0.25) is 0 Å². The first kappa shape index (κ1) is 21.6. The Balaban J connectivity index is 1.84. The van der Waals surface area contributed by atoms with Crippen molar-refractivity contribution in [3.63, 3.8) is 0 Å². The summed E-state index contributed by atoms with van der Waals surface area (Å²) in [5.41, 5.74) is 3.21. The van der Waals surface area contributed by atoms with Crippen molar-refractivity contribution in [2.75, 3.05) is 6.61 Å². The maximum Gasteiger partial charge on any atom is 0.333 e. The van der Waals surface area contributed by atoms with Gasteiger partial charge in [-0.15, -0.1) is 0 Å². The molecule has 0 saturated carbocycles. The second kappa shape index (κ2) is 7.96. The standard InChI is InChI=1S/C27H28N2O4/c1-15-21(25(26(30)31)33-27(2,3)4)23(17-7-5-6-8-19(17)29-15)18-9-10-20-22-16(12-14-32-20)11-13-28-24(18)22/h5-11,13,15,21,25H,12,14H2,1-4H3,(H,30,31). The molecule has 0 bridgehead atoms. The van der Waals surface area contributed by atoms with E-state index in [-0.39, 0.29) is 6.04 Å². The van der Waals surface area contributed by atoms with E-state index in [1.165, 1.54) is 5.56 Å². The zero-order chi connectivity index (χ0) is 23.3. The summed E-state index contributed by atoms with van der Waals surface area (Å²) in [6, 6.07) is 13.6. The van der Waals surface area contributed by atoms with Gasteiger partial charge in [0.25, 0.3) is 0 Å². The van der Waals surface area contributed by atoms with E-state index in [1.54, 1.807) is 0 Å². The Morgan fingerprint density at radius 3 is 2.73 bits per heavy atom. The largest absolute Gasteiger partial charge is 0.493 e. The van der Waals surface area contributed by atoms with Gasteiger partial charge in [0.15, 0.2) is 6.10 Å². The van der Waals surface area contributed by atoms with Crippen LogP contribution in [-0.4, -0.2) is 40.4 Å². The number of rotatable bonds is 4. The highest BCUT2D eigenvalue weighted by molar-refractivity contribution is 5.98. The summed E-state index contributed by atoms with van der Waals surface area (Å²) in [4.78, 5) is 22.1. The molecule has 2 aliphatic heterocycles. The number of pyridine rings is 1. The van der Waals surface area contributed by atoms with Crippen LogP contribution >= 0.6 is 0 Å². The van der Waals surface area contributed by atoms with Crippen LogP contribution in [0.3, 0.4) is 0 Å². The Labute approximate surface area is 192 Å². The van der Waals surface area contributed by atoms with Crippen molar-refractivity contribution in [2.24, 2.45) is 10.9 Å². The number of para-hydroxylation sites is 1. The van der Waals surface area contributed by atoms with Gasteiger partial charge >= 0.3 is 5.97 Å². The molecule has 6 nitrogen and oxygen atoms in total. The number of fused-ring (bicyclic) bond motifs is 1. The Bertz CT molecular complexity index is 1360. The number of hydrogen-bond donors (Lipinski definition) is 1. The number of benzene rings is 2. The highest BCUT2D eigenvalue weighted by Crippen LogP contribution is 2.40. The summed E-state index contributed by atoms with van der Waals surface area (Å²) in [6.45, 7) is 8.24. The third-order valence-corrected chi connectivity index (χ3v) is 6.30. The van der Waals surface area contributed by atoms with Gasteiger partial charge in [-0.25, -0.2) is 4.79 Å². The van der Waals surface area contributed by atoms with Crippen molar-refractivity contribution in [1.82, 2.24) is 4.98 Å². The van der Waals surface area contributed by atoms with Crippen molar-refractivity contribution >= 4 is 22.4 Å². The van der Waals surface area contributed by atoms with Crippen LogP contribution in [0.1, 0.15) is 38.8 Å². The Morgan fingerprint density at radius 2 is 1.97 bits per heavy atom. The molecule has 3 heterocycles. The third kappa shape index (κ3) is 3.78. The summed E-state index contributed by atoms with van der Waals surface area (Å²) >= 11 is 0. The lowest BCUT2D eigenvalue weighted by molar-refractivity contribution is -0.164. The molecule has 0 amide bonds. The number of nitrogens with zero attached hydrogens (tertiary/aromatic N) is 2. The van der Waals surface area contributed by atoms with Crippen LogP contribution in [-0.2, 0) is 16.0 Å². The van der Waals surface area contributed by atoms with Crippen molar-refractivity contribution in [3.05, 3.63) is 70.4 Å². The van der Waals surface area contributed by atoms with Gasteiger partial charge in [0.05, 0.1) is 29.1 Å². The molecule has 1 aromatic heterocycles. The fraction of sp³-hybridized carbons (Fsp3) is 0.370. The van der Waals surface area contributed by atoms with E-state index < -0.39 is 23.6 Å². The number of carboxylic acids is 1. The van der Waals surface area contributed by atoms with Crippen molar-refractivity contribution in [1.29, 1.82) is 0 Å². The maximum absolute atomic E-state index is 12.5. The average Bonchev–Trinajstić information content (AvgIpc) is 2.77. The van der Waals surface area contributed by atoms with Crippen LogP contribution in [0.15, 0.2) is 53.7 Å². The van der Waals surface area contributed by atoms with Crippen LogP contribution in [0.5, 0.6) is 5.75 Å². The molecule has 3 unspecified atom stereocenters. The topological polar surface area (TPSA) is 81.0 Å². The lowest BCUT2D eigenvalue weighted by Crippen LogP contribution is -2.48. The van der Waals surface area contributed by atoms with E-state index in [4.69, 9.17) is 19.5 Å². The predicted molar refractivity (Wildman–Crippen MR) is 126 cm³/mol. The molecule has 0 aliphatic carbocycles. The molecule has 0 saturated heterocycles. The second-order valence-corrected chi connectivity index (χ2v) is 9.72. The number of carbonyl (C=O) groups is 1. The van der Waals surface area contributed by atoms with Gasteiger partial charge < -0.3 is 14.6 Å². The van der Waals surface area contributed by atoms with Gasteiger partial charge in [-0.3, -0.25) is 9.98 Å². The lowest BCUT2D eigenvalue weighted by Gasteiger charge is -2.36. The molecule has 0 radical (unpaired) electrons. The third-order valence-electron chi connectivity index (χ3n) is 6.30. The first-order valence-corrected chi connectivity index (χ1v) is 11.4. The van der Waals surface area contributed by atoms with Crippen LogP contribution in [0.2, 0.25) is 0 Å². The minimum Gasteiger partial charge on any atom is -0.493 e. The number of ether oxygens (including phenoxy) is 2. The molecule has 2 aromatic carbocycles. The molecule has 2 aliphatic rings. The molecule has 0 fully saturated rings. The highest BCUT2D eigenvalue weighted by atomic mass is 16.5. The predicted octanol–water partition coefficient (Wildman–Crippen LogP) is 3.27. The quantitative estimate of drug-likeness (QED) is 0.668. The van der Waals surface area contributed by atoms with Gasteiger partial charge in [-0.1, -0.05) is 18.2 Å². The van der Waals surface area contributed by atoms with Crippen molar-refractivity contribution in [3.8, 4) is 5.75 Å². The molecule has 6 heteroatoms. The zero-order valence-electron chi connectivity index (χ0n) is 19.3. The summed E-state index contributed by atoms with van der Waals surface area (Å²) < 4.78 is 12.1. The molecule has 33 heavy (non-hydrogen) atoms. The monoisotopic (exact) mass is 444 g/mol. The van der Waals surface area contributed by atoms with Gasteiger partial charge in [-0.05, 0) is 63.1 Å². The van der Waals surface area contributed by atoms with E-state index in [0.717, 1.165) is 44.8 Å². The highest BCUT2D eigenvalue weighted by Gasteiger charge is 2.41. The number of carboxylic acid groups (broad SMARTS) is 1. The van der Waals surface area contributed by atoms with Gasteiger partial charge in [-0.2, -0.15) is 0 Å². The molecular weight excluding hydrogens is 416 g/mol. The van der Waals surface area contributed by atoms with Gasteiger partial charge in [0.1, 0.15) is 5.75 Å². The molecule has 3 atom stereocenters. The Morgan fingerprint density at radius 1 is 1.18 bits per heavy atom. The lowest BCUT2D eigenvalue weighted by atomic mass is 9.79. The van der Waals surface area contributed by atoms with E-state index >= 15 is 0 Å². The fourth-order valence-corrected chi connectivity index (χ4v) is 5.04. The van der Waals surface area contributed by atoms with E-state index in [1.807, 2.05) is 76.4 Å². The summed E-state index contributed by atoms with van der Waals surface area (Å²) in [5, 5.41) is 13.0. The van der Waals surface area contributed by atoms with Crippen LogP contribution < -0.4 is 15.3 Å². The number of aliphatic carboxylic acids is 1. The van der Waals surface area contributed by atoms with Crippen molar-refractivity contribution in [2.45, 2.75) is 51.9 Å². The molecule has 0 spiro atoms. The summed E-state index contributed by atoms with van der Waals surface area (Å²) in [5.74, 6) is -0.657. The molecule has 1 N–H and O–H groups in total. The summed E-state index contributed by atoms with van der Waals surface area (Å²) in [6.07, 6.45) is 1.59. The average molecular weight is 445 g/mol.